The quantitative estimate of drug-likeness (QED) is 0.391. The van der Waals surface area contributed by atoms with E-state index in [9.17, 15) is 17.3 Å². The molecule has 0 fully saturated rings. The molecule has 0 atom stereocenters. The molecule has 0 aliphatic carbocycles. The molecule has 2 nitrogen and oxygen atoms in total. The molecule has 0 radical (unpaired) electrons. The average molecular weight is 304 g/mol. The molecule has 0 bridgehead atoms. The SMILES string of the molecule is CCOCCCOc1ccc([B-](F)(F)F)c(F)c1.[K+]. The Bertz CT molecular complexity index is 387. The maximum absolute atomic E-state index is 13.2. The summed E-state index contributed by atoms with van der Waals surface area (Å²) in [5, 5.41) is 0. The van der Waals surface area contributed by atoms with Crippen LogP contribution in [0.4, 0.5) is 17.3 Å². The third-order valence-electron chi connectivity index (χ3n) is 2.23. The molecule has 1 rings (SSSR count). The zero-order valence-corrected chi connectivity index (χ0v) is 14.1. The topological polar surface area (TPSA) is 18.5 Å². The van der Waals surface area contributed by atoms with Gasteiger partial charge in [-0.3, -0.25) is 0 Å². The third-order valence-corrected chi connectivity index (χ3v) is 2.23. The van der Waals surface area contributed by atoms with E-state index in [0.717, 1.165) is 12.1 Å². The van der Waals surface area contributed by atoms with Crippen molar-refractivity contribution < 1.29 is 78.2 Å². The fraction of sp³-hybridized carbons (Fsp3) is 0.455. The molecular formula is C11H14BF4KO2. The average Bonchev–Trinajstić information content (AvgIpc) is 2.27. The molecule has 0 N–H and O–H groups in total. The number of benzene rings is 1. The maximum atomic E-state index is 13.2. The van der Waals surface area contributed by atoms with Crippen LogP contribution in [0.1, 0.15) is 13.3 Å². The van der Waals surface area contributed by atoms with Crippen LogP contribution in [-0.2, 0) is 4.74 Å². The van der Waals surface area contributed by atoms with E-state index < -0.39 is 18.3 Å². The van der Waals surface area contributed by atoms with Crippen LogP contribution in [0.3, 0.4) is 0 Å². The summed E-state index contributed by atoms with van der Waals surface area (Å²) in [6.45, 7) is -2.10. The van der Waals surface area contributed by atoms with Gasteiger partial charge in [-0.05, 0) is 13.0 Å². The summed E-state index contributed by atoms with van der Waals surface area (Å²) in [6, 6.07) is 2.58. The first-order chi connectivity index (χ1) is 8.45. The molecule has 0 saturated heterocycles. The number of hydrogen-bond donors (Lipinski definition) is 0. The Hall–Kier alpha value is 0.401. The van der Waals surface area contributed by atoms with E-state index >= 15 is 0 Å². The van der Waals surface area contributed by atoms with Gasteiger partial charge < -0.3 is 22.4 Å². The molecule has 0 aliphatic rings. The molecule has 0 amide bonds. The fourth-order valence-corrected chi connectivity index (χ4v) is 1.36. The largest absolute Gasteiger partial charge is 1.00 e. The second-order valence-corrected chi connectivity index (χ2v) is 3.66. The van der Waals surface area contributed by atoms with E-state index in [1.807, 2.05) is 6.92 Å². The van der Waals surface area contributed by atoms with E-state index in [0.29, 0.717) is 25.7 Å². The van der Waals surface area contributed by atoms with Crippen LogP contribution >= 0.6 is 0 Å². The maximum Gasteiger partial charge on any atom is 1.00 e. The molecule has 19 heavy (non-hydrogen) atoms. The molecular weight excluding hydrogens is 290 g/mol. The first-order valence-corrected chi connectivity index (χ1v) is 5.65. The Morgan fingerprint density at radius 3 is 2.37 bits per heavy atom. The van der Waals surface area contributed by atoms with Gasteiger partial charge in [0.1, 0.15) is 5.75 Å². The summed E-state index contributed by atoms with van der Waals surface area (Å²) in [4.78, 5) is 0. The molecule has 0 heterocycles. The smallest absolute Gasteiger partial charge is 0.493 e. The molecule has 0 aliphatic heterocycles. The standard InChI is InChI=1S/C11H14BF4O2.K/c1-2-17-6-3-7-18-9-4-5-10(11(13)8-9)12(14,15)16;/h4-5,8H,2-3,6-7H2,1H3;/q-1;+1. The summed E-state index contributed by atoms with van der Waals surface area (Å²) in [7, 11) is 0. The van der Waals surface area contributed by atoms with Crippen LogP contribution in [0.5, 0.6) is 5.75 Å². The number of ether oxygens (including phenoxy) is 2. The number of hydrogen-bond acceptors (Lipinski definition) is 2. The van der Waals surface area contributed by atoms with Crippen molar-refractivity contribution in [1.82, 2.24) is 0 Å². The van der Waals surface area contributed by atoms with E-state index in [1.54, 1.807) is 0 Å². The van der Waals surface area contributed by atoms with Crippen LogP contribution in [-0.4, -0.2) is 26.8 Å². The number of halogens is 4. The monoisotopic (exact) mass is 304 g/mol. The van der Waals surface area contributed by atoms with Gasteiger partial charge in [-0.15, -0.1) is 0 Å². The van der Waals surface area contributed by atoms with Crippen LogP contribution in [0.25, 0.3) is 0 Å². The Morgan fingerprint density at radius 1 is 1.16 bits per heavy atom. The molecule has 0 spiro atoms. The molecule has 1 aromatic rings. The van der Waals surface area contributed by atoms with Crippen molar-refractivity contribution in [1.29, 1.82) is 0 Å². The van der Waals surface area contributed by atoms with Crippen molar-refractivity contribution in [3.8, 4) is 5.75 Å². The summed E-state index contributed by atoms with van der Waals surface area (Å²) in [5.41, 5.74) is -1.23. The first-order valence-electron chi connectivity index (χ1n) is 5.65. The minimum atomic E-state index is -5.32. The summed E-state index contributed by atoms with van der Waals surface area (Å²) in [6.07, 6.45) is 0.598. The minimum absolute atomic E-state index is 0. The fourth-order valence-electron chi connectivity index (χ4n) is 1.36. The number of rotatable bonds is 7. The van der Waals surface area contributed by atoms with E-state index in [4.69, 9.17) is 9.47 Å². The molecule has 102 valence electrons. The van der Waals surface area contributed by atoms with Crippen molar-refractivity contribution in [2.75, 3.05) is 19.8 Å². The van der Waals surface area contributed by atoms with Crippen LogP contribution in [0, 0.1) is 5.82 Å². The first kappa shape index (κ1) is 19.4. The van der Waals surface area contributed by atoms with E-state index in [2.05, 4.69) is 0 Å². The normalized spacial score (nSPS) is 11.0. The van der Waals surface area contributed by atoms with Gasteiger partial charge in [-0.2, -0.15) is 0 Å². The molecule has 0 unspecified atom stereocenters. The second-order valence-electron chi connectivity index (χ2n) is 3.66. The molecule has 0 saturated carbocycles. The summed E-state index contributed by atoms with van der Waals surface area (Å²) in [5.74, 6) is -1.21. The van der Waals surface area contributed by atoms with Gasteiger partial charge in [0.05, 0.1) is 12.4 Å². The van der Waals surface area contributed by atoms with Crippen LogP contribution in [0.15, 0.2) is 18.2 Å². The second kappa shape index (κ2) is 9.36. The zero-order valence-electron chi connectivity index (χ0n) is 11.0. The predicted octanol–water partition coefficient (Wildman–Crippen LogP) is -0.310. The van der Waals surface area contributed by atoms with Gasteiger partial charge >= 0.3 is 58.4 Å². The molecule has 1 aromatic carbocycles. The van der Waals surface area contributed by atoms with E-state index in [1.165, 1.54) is 0 Å². The molecule has 0 aromatic heterocycles. The Kier molecular flexibility index (Phi) is 9.56. The van der Waals surface area contributed by atoms with E-state index in [-0.39, 0.29) is 63.7 Å². The molecule has 8 heteroatoms. The van der Waals surface area contributed by atoms with Crippen molar-refractivity contribution in [2.24, 2.45) is 0 Å². The van der Waals surface area contributed by atoms with Gasteiger partial charge in [0, 0.05) is 25.7 Å². The van der Waals surface area contributed by atoms with Crippen molar-refractivity contribution in [3.63, 3.8) is 0 Å². The van der Waals surface area contributed by atoms with Gasteiger partial charge in [-0.1, -0.05) is 11.5 Å². The van der Waals surface area contributed by atoms with Crippen LogP contribution < -0.4 is 61.6 Å². The minimum Gasteiger partial charge on any atom is -0.493 e. The summed E-state index contributed by atoms with van der Waals surface area (Å²) < 4.78 is 60.4. The Balaban J connectivity index is 0.00000324. The Labute approximate surface area is 152 Å². The van der Waals surface area contributed by atoms with Crippen molar-refractivity contribution >= 4 is 12.4 Å². The zero-order chi connectivity index (χ0) is 13.6. The Morgan fingerprint density at radius 2 is 1.84 bits per heavy atom. The van der Waals surface area contributed by atoms with Crippen molar-refractivity contribution in [2.45, 2.75) is 13.3 Å². The summed E-state index contributed by atoms with van der Waals surface area (Å²) >= 11 is 0. The van der Waals surface area contributed by atoms with Gasteiger partial charge in [0.25, 0.3) is 0 Å². The van der Waals surface area contributed by atoms with Crippen LogP contribution in [0.2, 0.25) is 0 Å². The van der Waals surface area contributed by atoms with Gasteiger partial charge in [0.2, 0.25) is 0 Å². The predicted molar refractivity (Wildman–Crippen MR) is 61.7 cm³/mol. The van der Waals surface area contributed by atoms with Crippen molar-refractivity contribution in [3.05, 3.63) is 24.0 Å². The third kappa shape index (κ3) is 7.10. The van der Waals surface area contributed by atoms with Gasteiger partial charge in [0.15, 0.2) is 0 Å². The van der Waals surface area contributed by atoms with Gasteiger partial charge in [-0.25, -0.2) is 4.39 Å².